The maximum atomic E-state index is 3.06. The van der Waals surface area contributed by atoms with Gasteiger partial charge in [-0.2, -0.15) is 30.3 Å². The van der Waals surface area contributed by atoms with Crippen LogP contribution < -0.4 is 0 Å². The molecule has 16 heavy (non-hydrogen) atoms. The minimum Gasteiger partial charge on any atom is -0.183 e. The summed E-state index contributed by atoms with van der Waals surface area (Å²) in [6.45, 7) is 2.10. The van der Waals surface area contributed by atoms with E-state index in [9.17, 15) is 0 Å². The molecule has 0 aromatic heterocycles. The molecule has 0 atom stereocenters. The van der Waals surface area contributed by atoms with E-state index in [0.29, 0.717) is 0 Å². The van der Waals surface area contributed by atoms with Gasteiger partial charge in [-0.25, -0.2) is 0 Å². The number of aryl methyl sites for hydroxylation is 1. The van der Waals surface area contributed by atoms with E-state index in [4.69, 9.17) is 0 Å². The molecule has 1 heteroatoms. The molecule has 0 nitrogen and oxygen atoms in total. The monoisotopic (exact) mass is 282 g/mol. The van der Waals surface area contributed by atoms with Crippen LogP contribution >= 0.6 is 0 Å². The second-order valence-corrected chi connectivity index (χ2v) is 3.58. The molecule has 0 saturated heterocycles. The molecule has 2 aromatic rings. The first-order chi connectivity index (χ1) is 7.34. The van der Waals surface area contributed by atoms with Crippen LogP contribution in [0.4, 0.5) is 0 Å². The summed E-state index contributed by atoms with van der Waals surface area (Å²) in [5.41, 5.74) is 3.70. The van der Waals surface area contributed by atoms with Crippen molar-refractivity contribution in [2.24, 2.45) is 0 Å². The van der Waals surface area contributed by atoms with Crippen LogP contribution in [0.25, 0.3) is 12.2 Å². The normalized spacial score (nSPS) is 10.1. The summed E-state index contributed by atoms with van der Waals surface area (Å²) in [4.78, 5) is 0. The third-order valence-corrected chi connectivity index (χ3v) is 2.24. The fourth-order valence-electron chi connectivity index (χ4n) is 1.48. The Morgan fingerprint density at radius 1 is 1.00 bits per heavy atom. The number of rotatable bonds is 2. The summed E-state index contributed by atoms with van der Waals surface area (Å²) in [5.74, 6) is 0. The first kappa shape index (κ1) is 13.3. The van der Waals surface area contributed by atoms with Gasteiger partial charge < -0.3 is 0 Å². The Morgan fingerprint density at radius 3 is 2.44 bits per heavy atom. The van der Waals surface area contributed by atoms with Gasteiger partial charge in [0.2, 0.25) is 0 Å². The van der Waals surface area contributed by atoms with E-state index in [-0.39, 0.29) is 32.7 Å². The van der Waals surface area contributed by atoms with Gasteiger partial charge in [0.25, 0.3) is 0 Å². The number of hydrogen-bond donors (Lipinski definition) is 0. The molecule has 0 bridgehead atoms. The topological polar surface area (TPSA) is 0 Å². The second-order valence-electron chi connectivity index (χ2n) is 3.58. The van der Waals surface area contributed by atoms with Gasteiger partial charge in [0, 0.05) is 32.7 Å². The van der Waals surface area contributed by atoms with E-state index in [1.165, 1.54) is 16.7 Å². The summed E-state index contributed by atoms with van der Waals surface area (Å²) >= 11 is 0. The van der Waals surface area contributed by atoms with Crippen LogP contribution in [0, 0.1) is 13.0 Å². The van der Waals surface area contributed by atoms with Crippen molar-refractivity contribution in [2.45, 2.75) is 6.92 Å². The van der Waals surface area contributed by atoms with E-state index in [1.807, 2.05) is 18.2 Å². The van der Waals surface area contributed by atoms with Crippen molar-refractivity contribution in [1.82, 2.24) is 0 Å². The van der Waals surface area contributed by atoms with Gasteiger partial charge in [-0.1, -0.05) is 35.9 Å². The molecule has 1 radical (unpaired) electrons. The molecule has 2 rings (SSSR count). The largest absolute Gasteiger partial charge is 0.183 e. The predicted molar refractivity (Wildman–Crippen MR) is 65.4 cm³/mol. The average molecular weight is 282 g/mol. The van der Waals surface area contributed by atoms with Crippen molar-refractivity contribution in [3.05, 3.63) is 71.3 Å². The fourth-order valence-corrected chi connectivity index (χ4v) is 1.48. The minimum atomic E-state index is 0. The van der Waals surface area contributed by atoms with Crippen molar-refractivity contribution in [2.75, 3.05) is 0 Å². The van der Waals surface area contributed by atoms with Gasteiger partial charge in [0.1, 0.15) is 0 Å². The Labute approximate surface area is 122 Å². The molecule has 0 N–H and O–H groups in total. The summed E-state index contributed by atoms with van der Waals surface area (Å²) in [7, 11) is 0. The maximum Gasteiger partial charge on any atom is 0 e. The Kier molecular flexibility index (Phi) is 5.66. The van der Waals surface area contributed by atoms with Crippen molar-refractivity contribution in [1.29, 1.82) is 0 Å². The molecule has 0 saturated carbocycles. The molecule has 2 aromatic carbocycles. The first-order valence-electron chi connectivity index (χ1n) is 5.05. The molecule has 0 aliphatic carbocycles. The Morgan fingerprint density at radius 2 is 1.75 bits per heavy atom. The van der Waals surface area contributed by atoms with E-state index in [2.05, 4.69) is 55.5 Å². The van der Waals surface area contributed by atoms with E-state index in [1.54, 1.807) is 0 Å². The number of hydrogen-bond acceptors (Lipinski definition) is 0. The minimum absolute atomic E-state index is 0. The third kappa shape index (κ3) is 4.04. The molecule has 0 amide bonds. The van der Waals surface area contributed by atoms with Crippen LogP contribution in [0.5, 0.6) is 0 Å². The van der Waals surface area contributed by atoms with E-state index < -0.39 is 0 Å². The van der Waals surface area contributed by atoms with Crippen molar-refractivity contribution >= 4 is 12.2 Å². The molecular formula is C15H13Y-. The maximum absolute atomic E-state index is 3.06. The summed E-state index contributed by atoms with van der Waals surface area (Å²) < 4.78 is 0. The zero-order chi connectivity index (χ0) is 10.5. The molecule has 0 aliphatic heterocycles. The van der Waals surface area contributed by atoms with Gasteiger partial charge in [0.05, 0.1) is 0 Å². The van der Waals surface area contributed by atoms with Crippen LogP contribution in [-0.2, 0) is 32.7 Å². The first-order valence-corrected chi connectivity index (χ1v) is 5.05. The Hall–Kier alpha value is -0.716. The van der Waals surface area contributed by atoms with Crippen LogP contribution in [-0.4, -0.2) is 0 Å². The van der Waals surface area contributed by atoms with Crippen molar-refractivity contribution in [3.63, 3.8) is 0 Å². The molecular weight excluding hydrogens is 269 g/mol. The van der Waals surface area contributed by atoms with Crippen LogP contribution in [0.2, 0.25) is 0 Å². The summed E-state index contributed by atoms with van der Waals surface area (Å²) in [6.07, 6.45) is 4.22. The predicted octanol–water partition coefficient (Wildman–Crippen LogP) is 3.96. The standard InChI is InChI=1S/C15H13.Y/c1-13-6-5-9-15(12-13)11-10-14-7-3-2-4-8-14;/h2-3,5-12H,1H3;/q-1;. The molecule has 0 spiro atoms. The summed E-state index contributed by atoms with van der Waals surface area (Å²) in [6, 6.07) is 19.5. The molecule has 0 unspecified atom stereocenters. The van der Waals surface area contributed by atoms with Crippen LogP contribution in [0.1, 0.15) is 16.7 Å². The summed E-state index contributed by atoms with van der Waals surface area (Å²) in [5, 5.41) is 0. The third-order valence-electron chi connectivity index (χ3n) is 2.24. The SMILES string of the molecule is Cc1cccc(C=Cc2c[c-]ccc2)c1.[Y]. The average Bonchev–Trinajstić information content (AvgIpc) is 2.28. The van der Waals surface area contributed by atoms with Crippen molar-refractivity contribution in [3.8, 4) is 0 Å². The zero-order valence-corrected chi connectivity index (χ0v) is 12.2. The molecule has 0 fully saturated rings. The zero-order valence-electron chi connectivity index (χ0n) is 9.35. The van der Waals surface area contributed by atoms with Crippen molar-refractivity contribution < 1.29 is 32.7 Å². The second kappa shape index (κ2) is 6.78. The number of benzene rings is 2. The van der Waals surface area contributed by atoms with Crippen LogP contribution in [0.3, 0.4) is 0 Å². The smallest absolute Gasteiger partial charge is 0 e. The molecule has 0 heterocycles. The van der Waals surface area contributed by atoms with Gasteiger partial charge in [-0.15, -0.1) is 11.6 Å². The Bertz CT molecular complexity index is 458. The van der Waals surface area contributed by atoms with Gasteiger partial charge in [-0.3, -0.25) is 0 Å². The van der Waals surface area contributed by atoms with Gasteiger partial charge in [-0.05, 0) is 12.5 Å². The quantitative estimate of drug-likeness (QED) is 0.577. The van der Waals surface area contributed by atoms with E-state index in [0.717, 1.165) is 0 Å². The Balaban J connectivity index is 0.00000128. The van der Waals surface area contributed by atoms with Gasteiger partial charge >= 0.3 is 0 Å². The molecule has 77 valence electrons. The fraction of sp³-hybridized carbons (Fsp3) is 0.0667. The van der Waals surface area contributed by atoms with E-state index >= 15 is 0 Å². The van der Waals surface area contributed by atoms with Crippen LogP contribution in [0.15, 0.2) is 48.5 Å². The molecule has 0 aliphatic rings. The van der Waals surface area contributed by atoms with Gasteiger partial charge in [0.15, 0.2) is 0 Å².